The number of rotatable bonds is 4. The Labute approximate surface area is 110 Å². The third-order valence-electron chi connectivity index (χ3n) is 2.07. The minimum absolute atomic E-state index is 0.100. The van der Waals surface area contributed by atoms with Gasteiger partial charge >= 0.3 is 12.0 Å². The fraction of sp³-hybridized carbons (Fsp3) is 0.417. The largest absolute Gasteiger partial charge is 0.472 e. The van der Waals surface area contributed by atoms with Crippen LogP contribution in [0, 0.1) is 0 Å². The van der Waals surface area contributed by atoms with E-state index in [0.717, 1.165) is 0 Å². The molecule has 0 aromatic carbocycles. The van der Waals surface area contributed by atoms with Gasteiger partial charge in [-0.2, -0.15) is 0 Å². The van der Waals surface area contributed by atoms with Crippen molar-refractivity contribution in [1.82, 2.24) is 10.6 Å². The molecular weight excluding hydrogens is 252 g/mol. The number of urea groups is 1. The molecule has 1 rings (SSSR count). The smallest absolute Gasteiger partial charge is 0.342 e. The Bertz CT molecular complexity index is 453. The van der Waals surface area contributed by atoms with Gasteiger partial charge in [0, 0.05) is 6.04 Å². The maximum atomic E-state index is 11.6. The Morgan fingerprint density at radius 3 is 2.47 bits per heavy atom. The molecule has 0 radical (unpaired) electrons. The van der Waals surface area contributed by atoms with E-state index in [0.29, 0.717) is 0 Å². The molecule has 1 aromatic rings. The highest BCUT2D eigenvalue weighted by Crippen LogP contribution is 2.04. The van der Waals surface area contributed by atoms with Crippen LogP contribution in [0.5, 0.6) is 0 Å². The molecule has 7 nitrogen and oxygen atoms in total. The molecular formula is C12H16N2O5. The van der Waals surface area contributed by atoms with E-state index in [4.69, 9.17) is 9.15 Å². The van der Waals surface area contributed by atoms with Gasteiger partial charge in [-0.1, -0.05) is 0 Å². The molecule has 0 aliphatic carbocycles. The highest BCUT2D eigenvalue weighted by Gasteiger charge is 2.21. The number of hydrogen-bond acceptors (Lipinski definition) is 5. The Morgan fingerprint density at radius 1 is 1.26 bits per heavy atom. The molecule has 0 fully saturated rings. The Kier molecular flexibility index (Phi) is 5.11. The number of hydrogen-bond donors (Lipinski definition) is 2. The van der Waals surface area contributed by atoms with Gasteiger partial charge in [-0.3, -0.25) is 10.1 Å². The molecule has 0 saturated carbocycles. The van der Waals surface area contributed by atoms with E-state index in [-0.39, 0.29) is 11.6 Å². The van der Waals surface area contributed by atoms with Crippen LogP contribution in [0.25, 0.3) is 0 Å². The van der Waals surface area contributed by atoms with Crippen molar-refractivity contribution in [2.75, 3.05) is 0 Å². The summed E-state index contributed by atoms with van der Waals surface area (Å²) in [6.07, 6.45) is 1.44. The van der Waals surface area contributed by atoms with Crippen LogP contribution in [0.15, 0.2) is 23.0 Å². The summed E-state index contributed by atoms with van der Waals surface area (Å²) in [7, 11) is 0. The van der Waals surface area contributed by atoms with E-state index < -0.39 is 24.0 Å². The number of ether oxygens (including phenoxy) is 1. The van der Waals surface area contributed by atoms with Crippen LogP contribution >= 0.6 is 0 Å². The first-order chi connectivity index (χ1) is 8.90. The second-order valence-corrected chi connectivity index (χ2v) is 4.18. The zero-order valence-electron chi connectivity index (χ0n) is 10.9. The number of furan rings is 1. The topological polar surface area (TPSA) is 97.6 Å². The monoisotopic (exact) mass is 268 g/mol. The van der Waals surface area contributed by atoms with Gasteiger partial charge in [0.1, 0.15) is 6.26 Å². The van der Waals surface area contributed by atoms with Crippen LogP contribution in [0.2, 0.25) is 0 Å². The van der Waals surface area contributed by atoms with Gasteiger partial charge < -0.3 is 14.5 Å². The summed E-state index contributed by atoms with van der Waals surface area (Å²) in [6, 6.07) is 0.682. The highest BCUT2D eigenvalue weighted by atomic mass is 16.5. The van der Waals surface area contributed by atoms with Crippen molar-refractivity contribution in [3.05, 3.63) is 24.2 Å². The summed E-state index contributed by atoms with van der Waals surface area (Å²) in [5.74, 6) is -1.39. The van der Waals surface area contributed by atoms with Crippen LogP contribution in [-0.2, 0) is 9.53 Å². The fourth-order valence-corrected chi connectivity index (χ4v) is 1.17. The van der Waals surface area contributed by atoms with Crippen molar-refractivity contribution in [3.8, 4) is 0 Å². The maximum absolute atomic E-state index is 11.6. The van der Waals surface area contributed by atoms with Crippen molar-refractivity contribution in [2.45, 2.75) is 32.9 Å². The van der Waals surface area contributed by atoms with Crippen LogP contribution in [0.1, 0.15) is 31.1 Å². The molecule has 0 bridgehead atoms. The third kappa shape index (κ3) is 4.82. The molecule has 0 aliphatic rings. The first kappa shape index (κ1) is 14.7. The lowest BCUT2D eigenvalue weighted by molar-refractivity contribution is -0.127. The zero-order valence-corrected chi connectivity index (χ0v) is 10.9. The Hall–Kier alpha value is -2.31. The summed E-state index contributed by atoms with van der Waals surface area (Å²) in [5, 5.41) is 4.56. The molecule has 1 heterocycles. The van der Waals surface area contributed by atoms with Crippen molar-refractivity contribution in [1.29, 1.82) is 0 Å². The first-order valence-electron chi connectivity index (χ1n) is 5.74. The van der Waals surface area contributed by atoms with E-state index >= 15 is 0 Å². The average Bonchev–Trinajstić information content (AvgIpc) is 2.80. The van der Waals surface area contributed by atoms with Crippen molar-refractivity contribution in [2.24, 2.45) is 0 Å². The third-order valence-corrected chi connectivity index (χ3v) is 2.07. The predicted octanol–water partition coefficient (Wildman–Crippen LogP) is 1.06. The van der Waals surface area contributed by atoms with E-state index in [2.05, 4.69) is 10.6 Å². The average molecular weight is 268 g/mol. The molecule has 1 aromatic heterocycles. The molecule has 104 valence electrons. The van der Waals surface area contributed by atoms with E-state index in [9.17, 15) is 14.4 Å². The van der Waals surface area contributed by atoms with Crippen molar-refractivity contribution in [3.63, 3.8) is 0 Å². The second kappa shape index (κ2) is 6.58. The van der Waals surface area contributed by atoms with E-state index in [1.165, 1.54) is 25.5 Å². The standard InChI is InChI=1S/C12H16N2O5/c1-7(2)13-12(17)14-10(15)8(3)19-11(16)9-4-5-18-6-9/h4-8H,1-3H3,(H2,13,14,15,17). The Balaban J connectivity index is 2.45. The minimum Gasteiger partial charge on any atom is -0.472 e. The summed E-state index contributed by atoms with van der Waals surface area (Å²) < 4.78 is 9.59. The van der Waals surface area contributed by atoms with Crippen LogP contribution < -0.4 is 10.6 Å². The van der Waals surface area contributed by atoms with Crippen LogP contribution in [0.3, 0.4) is 0 Å². The molecule has 7 heteroatoms. The minimum atomic E-state index is -1.08. The first-order valence-corrected chi connectivity index (χ1v) is 5.74. The van der Waals surface area contributed by atoms with Gasteiger partial charge in [0.2, 0.25) is 0 Å². The lowest BCUT2D eigenvalue weighted by atomic mass is 10.3. The zero-order chi connectivity index (χ0) is 14.4. The van der Waals surface area contributed by atoms with Gasteiger partial charge in [-0.05, 0) is 26.8 Å². The van der Waals surface area contributed by atoms with Gasteiger partial charge in [0.05, 0.1) is 11.8 Å². The van der Waals surface area contributed by atoms with Crippen molar-refractivity contribution >= 4 is 17.9 Å². The Morgan fingerprint density at radius 2 is 1.95 bits per heavy atom. The molecule has 19 heavy (non-hydrogen) atoms. The number of carbonyl (C=O) groups excluding carboxylic acids is 3. The lowest BCUT2D eigenvalue weighted by Gasteiger charge is -2.13. The van der Waals surface area contributed by atoms with E-state index in [1.54, 1.807) is 13.8 Å². The van der Waals surface area contributed by atoms with Gasteiger partial charge in [-0.15, -0.1) is 0 Å². The summed E-state index contributed by atoms with van der Waals surface area (Å²) in [6.45, 7) is 4.88. The van der Waals surface area contributed by atoms with Gasteiger partial charge in [0.25, 0.3) is 5.91 Å². The number of imide groups is 1. The summed E-state index contributed by atoms with van der Waals surface area (Å²) in [5.41, 5.74) is 0.200. The number of nitrogens with one attached hydrogen (secondary N) is 2. The fourth-order valence-electron chi connectivity index (χ4n) is 1.17. The maximum Gasteiger partial charge on any atom is 0.342 e. The molecule has 0 spiro atoms. The van der Waals surface area contributed by atoms with Crippen LogP contribution in [0.4, 0.5) is 4.79 Å². The van der Waals surface area contributed by atoms with Gasteiger partial charge in [0.15, 0.2) is 6.10 Å². The molecule has 0 aliphatic heterocycles. The molecule has 1 unspecified atom stereocenters. The second-order valence-electron chi connectivity index (χ2n) is 4.18. The highest BCUT2D eigenvalue weighted by molar-refractivity contribution is 5.98. The number of carbonyl (C=O) groups is 3. The molecule has 0 saturated heterocycles. The number of amides is 3. The normalized spacial score (nSPS) is 11.8. The molecule has 3 amide bonds. The van der Waals surface area contributed by atoms with Gasteiger partial charge in [-0.25, -0.2) is 9.59 Å². The summed E-state index contributed by atoms with van der Waals surface area (Å²) in [4.78, 5) is 34.4. The number of esters is 1. The molecule has 1 atom stereocenters. The molecule has 2 N–H and O–H groups in total. The summed E-state index contributed by atoms with van der Waals surface area (Å²) >= 11 is 0. The quantitative estimate of drug-likeness (QED) is 0.796. The predicted molar refractivity (Wildman–Crippen MR) is 65.4 cm³/mol. The van der Waals surface area contributed by atoms with Crippen molar-refractivity contribution < 1.29 is 23.5 Å². The lowest BCUT2D eigenvalue weighted by Crippen LogP contribution is -2.46. The van der Waals surface area contributed by atoms with E-state index in [1.807, 2.05) is 0 Å². The SMILES string of the molecule is CC(C)NC(=O)NC(=O)C(C)OC(=O)c1ccoc1. The van der Waals surface area contributed by atoms with Crippen LogP contribution in [-0.4, -0.2) is 30.1 Å².